The second-order valence-corrected chi connectivity index (χ2v) is 4.68. The summed E-state index contributed by atoms with van der Waals surface area (Å²) in [6.07, 6.45) is -0.514. The van der Waals surface area contributed by atoms with Crippen LogP contribution in [0.3, 0.4) is 0 Å². The number of carbonyl (C=O) groups is 1. The fourth-order valence-corrected chi connectivity index (χ4v) is 1.45. The third kappa shape index (κ3) is 4.16. The molecule has 0 aliphatic carbocycles. The lowest BCUT2D eigenvalue weighted by molar-refractivity contribution is 0.0636. The Morgan fingerprint density at radius 1 is 1.53 bits per heavy atom. The maximum atomic E-state index is 11.3. The van der Waals surface area contributed by atoms with E-state index in [9.17, 15) is 4.79 Å². The SMILES string of the molecule is COc1csc(NC(=O)OC(C)(C)C)n1. The number of nitrogens with zero attached hydrogens (tertiary/aromatic N) is 1. The molecule has 0 spiro atoms. The number of ether oxygens (including phenoxy) is 2. The van der Waals surface area contributed by atoms with Gasteiger partial charge in [0, 0.05) is 0 Å². The molecule has 15 heavy (non-hydrogen) atoms. The molecule has 0 fully saturated rings. The first-order valence-corrected chi connectivity index (χ1v) is 5.28. The van der Waals surface area contributed by atoms with Gasteiger partial charge in [-0.1, -0.05) is 0 Å². The first kappa shape index (κ1) is 11.8. The summed E-state index contributed by atoms with van der Waals surface area (Å²) in [6.45, 7) is 5.40. The largest absolute Gasteiger partial charge is 0.480 e. The molecular formula is C9H14N2O3S. The summed E-state index contributed by atoms with van der Waals surface area (Å²) < 4.78 is 9.94. The minimum absolute atomic E-state index is 0.459. The molecule has 1 heterocycles. The Morgan fingerprint density at radius 3 is 2.67 bits per heavy atom. The van der Waals surface area contributed by atoms with Crippen molar-refractivity contribution < 1.29 is 14.3 Å². The van der Waals surface area contributed by atoms with Gasteiger partial charge >= 0.3 is 6.09 Å². The van der Waals surface area contributed by atoms with Gasteiger partial charge in [-0.2, -0.15) is 4.98 Å². The standard InChI is InChI=1S/C9H14N2O3S/c1-9(2,3)14-8(12)11-7-10-6(13-4)5-15-7/h5H,1-4H3,(H,10,11,12). The number of rotatable bonds is 2. The summed E-state index contributed by atoms with van der Waals surface area (Å²) in [5.74, 6) is 0.478. The van der Waals surface area contributed by atoms with Gasteiger partial charge in [0.15, 0.2) is 5.13 Å². The fraction of sp³-hybridized carbons (Fsp3) is 0.556. The highest BCUT2D eigenvalue weighted by Crippen LogP contribution is 2.21. The molecule has 1 rings (SSSR count). The summed E-state index contributed by atoms with van der Waals surface area (Å²) in [6, 6.07) is 0. The summed E-state index contributed by atoms with van der Waals surface area (Å²) in [7, 11) is 1.52. The second-order valence-electron chi connectivity index (χ2n) is 3.82. The zero-order valence-electron chi connectivity index (χ0n) is 9.16. The molecule has 1 aromatic heterocycles. The van der Waals surface area contributed by atoms with Crippen LogP contribution in [0.5, 0.6) is 5.88 Å². The van der Waals surface area contributed by atoms with E-state index in [-0.39, 0.29) is 0 Å². The van der Waals surface area contributed by atoms with Crippen LogP contribution < -0.4 is 10.1 Å². The van der Waals surface area contributed by atoms with Crippen molar-refractivity contribution in [3.05, 3.63) is 5.38 Å². The molecule has 0 saturated carbocycles. The number of anilines is 1. The minimum atomic E-state index is -0.514. The molecule has 1 amide bonds. The van der Waals surface area contributed by atoms with Crippen molar-refractivity contribution in [2.24, 2.45) is 0 Å². The molecule has 5 nitrogen and oxygen atoms in total. The third-order valence-corrected chi connectivity index (χ3v) is 2.04. The lowest BCUT2D eigenvalue weighted by Crippen LogP contribution is -2.27. The van der Waals surface area contributed by atoms with E-state index in [0.717, 1.165) is 0 Å². The molecule has 1 N–H and O–H groups in total. The number of thiazole rings is 1. The van der Waals surface area contributed by atoms with E-state index in [1.807, 2.05) is 0 Å². The number of hydrogen-bond acceptors (Lipinski definition) is 5. The van der Waals surface area contributed by atoms with Crippen LogP contribution in [-0.4, -0.2) is 23.8 Å². The Morgan fingerprint density at radius 2 is 2.20 bits per heavy atom. The Bertz CT molecular complexity index is 343. The lowest BCUT2D eigenvalue weighted by atomic mass is 10.2. The molecule has 0 unspecified atom stereocenters. The monoisotopic (exact) mass is 230 g/mol. The topological polar surface area (TPSA) is 60.5 Å². The highest BCUT2D eigenvalue weighted by molar-refractivity contribution is 7.14. The number of carbonyl (C=O) groups excluding carboxylic acids is 1. The van der Waals surface area contributed by atoms with Gasteiger partial charge in [0.2, 0.25) is 5.88 Å². The zero-order chi connectivity index (χ0) is 11.5. The van der Waals surface area contributed by atoms with Crippen LogP contribution >= 0.6 is 11.3 Å². The molecule has 0 bridgehead atoms. The van der Waals surface area contributed by atoms with Gasteiger partial charge in [0.1, 0.15) is 5.60 Å². The zero-order valence-corrected chi connectivity index (χ0v) is 9.97. The van der Waals surface area contributed by atoms with Crippen LogP contribution in [0.25, 0.3) is 0 Å². The van der Waals surface area contributed by atoms with Crippen molar-refractivity contribution >= 4 is 22.6 Å². The van der Waals surface area contributed by atoms with E-state index in [4.69, 9.17) is 9.47 Å². The maximum absolute atomic E-state index is 11.3. The number of methoxy groups -OCH3 is 1. The molecule has 1 aromatic rings. The highest BCUT2D eigenvalue weighted by atomic mass is 32.1. The van der Waals surface area contributed by atoms with E-state index in [1.165, 1.54) is 18.4 Å². The normalized spacial score (nSPS) is 10.9. The molecule has 0 saturated heterocycles. The highest BCUT2D eigenvalue weighted by Gasteiger charge is 2.17. The van der Waals surface area contributed by atoms with E-state index in [0.29, 0.717) is 11.0 Å². The predicted octanol–water partition coefficient (Wildman–Crippen LogP) is 2.50. The van der Waals surface area contributed by atoms with Crippen LogP contribution in [0.1, 0.15) is 20.8 Å². The average Bonchev–Trinajstić information content (AvgIpc) is 2.48. The summed E-state index contributed by atoms with van der Waals surface area (Å²) in [5.41, 5.74) is -0.509. The average molecular weight is 230 g/mol. The minimum Gasteiger partial charge on any atom is -0.480 e. The van der Waals surface area contributed by atoms with E-state index in [1.54, 1.807) is 26.2 Å². The van der Waals surface area contributed by atoms with Gasteiger partial charge in [-0.15, -0.1) is 11.3 Å². The maximum Gasteiger partial charge on any atom is 0.413 e. The summed E-state index contributed by atoms with van der Waals surface area (Å²) in [5, 5.41) is 4.68. The second kappa shape index (κ2) is 4.48. The van der Waals surface area contributed by atoms with Crippen LogP contribution in [0.15, 0.2) is 5.38 Å². The van der Waals surface area contributed by atoms with E-state index < -0.39 is 11.7 Å². The van der Waals surface area contributed by atoms with Crippen molar-refractivity contribution in [1.82, 2.24) is 4.98 Å². The van der Waals surface area contributed by atoms with Crippen LogP contribution in [0.2, 0.25) is 0 Å². The fourth-order valence-electron chi connectivity index (χ4n) is 0.801. The molecule has 0 aliphatic heterocycles. The molecule has 0 radical (unpaired) electrons. The Balaban J connectivity index is 2.51. The van der Waals surface area contributed by atoms with Crippen LogP contribution in [-0.2, 0) is 4.74 Å². The third-order valence-electron chi connectivity index (χ3n) is 1.30. The van der Waals surface area contributed by atoms with Crippen molar-refractivity contribution in [2.45, 2.75) is 26.4 Å². The van der Waals surface area contributed by atoms with Crippen molar-refractivity contribution in [3.63, 3.8) is 0 Å². The summed E-state index contributed by atoms with van der Waals surface area (Å²) in [4.78, 5) is 15.3. The van der Waals surface area contributed by atoms with E-state index >= 15 is 0 Å². The van der Waals surface area contributed by atoms with Gasteiger partial charge < -0.3 is 9.47 Å². The van der Waals surface area contributed by atoms with Gasteiger partial charge in [0.05, 0.1) is 12.5 Å². The molecule has 0 atom stereocenters. The lowest BCUT2D eigenvalue weighted by Gasteiger charge is -2.18. The summed E-state index contributed by atoms with van der Waals surface area (Å²) >= 11 is 1.28. The molecule has 0 aliphatic rings. The molecule has 84 valence electrons. The first-order chi connectivity index (χ1) is 6.90. The van der Waals surface area contributed by atoms with Gasteiger partial charge in [-0.05, 0) is 20.8 Å². The van der Waals surface area contributed by atoms with Crippen LogP contribution in [0, 0.1) is 0 Å². The Hall–Kier alpha value is -1.30. The smallest absolute Gasteiger partial charge is 0.413 e. The number of hydrogen-bond donors (Lipinski definition) is 1. The quantitative estimate of drug-likeness (QED) is 0.848. The number of aromatic nitrogens is 1. The van der Waals surface area contributed by atoms with Gasteiger partial charge in [0.25, 0.3) is 0 Å². The first-order valence-electron chi connectivity index (χ1n) is 4.40. The molecule has 0 aromatic carbocycles. The van der Waals surface area contributed by atoms with Crippen molar-refractivity contribution in [3.8, 4) is 5.88 Å². The Kier molecular flexibility index (Phi) is 3.52. The Labute approximate surface area is 92.4 Å². The van der Waals surface area contributed by atoms with E-state index in [2.05, 4.69) is 10.3 Å². The molecule has 6 heteroatoms. The van der Waals surface area contributed by atoms with Gasteiger partial charge in [-0.25, -0.2) is 4.79 Å². The number of amides is 1. The molecular weight excluding hydrogens is 216 g/mol. The number of nitrogens with one attached hydrogen (secondary N) is 1. The van der Waals surface area contributed by atoms with Crippen LogP contribution in [0.4, 0.5) is 9.93 Å². The van der Waals surface area contributed by atoms with Crippen molar-refractivity contribution in [2.75, 3.05) is 12.4 Å². The van der Waals surface area contributed by atoms with Crippen molar-refractivity contribution in [1.29, 1.82) is 0 Å². The van der Waals surface area contributed by atoms with Gasteiger partial charge in [-0.3, -0.25) is 5.32 Å². The predicted molar refractivity (Wildman–Crippen MR) is 58.5 cm³/mol.